The molecule has 1 aliphatic heterocycles. The number of amides is 1. The summed E-state index contributed by atoms with van der Waals surface area (Å²) in [6, 6.07) is 13.7. The van der Waals surface area contributed by atoms with Gasteiger partial charge in [-0.05, 0) is 49.6 Å². The minimum Gasteiger partial charge on any atom is -0.339 e. The third kappa shape index (κ3) is 3.29. The molecule has 0 atom stereocenters. The minimum atomic E-state index is 0.146. The molecule has 1 aromatic heterocycles. The molecule has 3 nitrogen and oxygen atoms in total. The summed E-state index contributed by atoms with van der Waals surface area (Å²) in [5, 5.41) is 1.89. The maximum atomic E-state index is 12.7. The molecular weight excluding hydrogens is 352 g/mol. The molecule has 1 aliphatic rings. The number of carbonyl (C=O) groups excluding carboxylic acids is 1. The first-order chi connectivity index (χ1) is 12.1. The van der Waals surface area contributed by atoms with E-state index in [1.165, 1.54) is 9.71 Å². The van der Waals surface area contributed by atoms with Crippen LogP contribution in [0.1, 0.15) is 39.7 Å². The molecule has 1 amide bonds. The van der Waals surface area contributed by atoms with Gasteiger partial charge >= 0.3 is 0 Å². The minimum absolute atomic E-state index is 0.146. The summed E-state index contributed by atoms with van der Waals surface area (Å²) < 4.78 is 1.18. The maximum absolute atomic E-state index is 12.7. The highest BCUT2D eigenvalue weighted by Gasteiger charge is 2.27. The van der Waals surface area contributed by atoms with Crippen LogP contribution in [0.3, 0.4) is 0 Å². The molecule has 0 spiro atoms. The molecule has 0 unspecified atom stereocenters. The number of thiazole rings is 1. The van der Waals surface area contributed by atoms with E-state index in [1.54, 1.807) is 11.3 Å². The molecule has 0 bridgehead atoms. The molecule has 1 saturated heterocycles. The highest BCUT2D eigenvalue weighted by molar-refractivity contribution is 7.18. The highest BCUT2D eigenvalue weighted by Crippen LogP contribution is 2.35. The SMILES string of the molecule is Cc1ccccc1C(=O)N1CCC(c2nc3cc(Cl)ccc3s2)CC1. The zero-order valence-electron chi connectivity index (χ0n) is 14.0. The summed E-state index contributed by atoms with van der Waals surface area (Å²) in [6.45, 7) is 3.56. The van der Waals surface area contributed by atoms with Crippen molar-refractivity contribution in [2.75, 3.05) is 13.1 Å². The lowest BCUT2D eigenvalue weighted by Crippen LogP contribution is -2.38. The Morgan fingerprint density at radius 2 is 1.96 bits per heavy atom. The van der Waals surface area contributed by atoms with Gasteiger partial charge in [-0.25, -0.2) is 4.98 Å². The third-order valence-electron chi connectivity index (χ3n) is 4.87. The Labute approximate surface area is 156 Å². The van der Waals surface area contributed by atoms with Crippen molar-refractivity contribution in [1.29, 1.82) is 0 Å². The van der Waals surface area contributed by atoms with Crippen LogP contribution in [-0.4, -0.2) is 28.9 Å². The molecule has 4 rings (SSSR count). The first-order valence-electron chi connectivity index (χ1n) is 8.53. The van der Waals surface area contributed by atoms with Gasteiger partial charge in [0.15, 0.2) is 0 Å². The molecule has 5 heteroatoms. The van der Waals surface area contributed by atoms with Crippen LogP contribution >= 0.6 is 22.9 Å². The number of carbonyl (C=O) groups is 1. The summed E-state index contributed by atoms with van der Waals surface area (Å²) in [7, 11) is 0. The van der Waals surface area contributed by atoms with E-state index < -0.39 is 0 Å². The van der Waals surface area contributed by atoms with Crippen LogP contribution in [0, 0.1) is 6.92 Å². The average molecular weight is 371 g/mol. The van der Waals surface area contributed by atoms with E-state index in [2.05, 4.69) is 0 Å². The maximum Gasteiger partial charge on any atom is 0.254 e. The van der Waals surface area contributed by atoms with Crippen molar-refractivity contribution in [1.82, 2.24) is 9.88 Å². The van der Waals surface area contributed by atoms with Gasteiger partial charge in [0.1, 0.15) is 0 Å². The molecule has 128 valence electrons. The third-order valence-corrected chi connectivity index (χ3v) is 6.31. The predicted molar refractivity (Wildman–Crippen MR) is 104 cm³/mol. The second-order valence-corrected chi connectivity index (χ2v) is 8.04. The van der Waals surface area contributed by atoms with E-state index in [4.69, 9.17) is 16.6 Å². The summed E-state index contributed by atoms with van der Waals surface area (Å²) in [5.41, 5.74) is 2.83. The first kappa shape index (κ1) is 16.6. The lowest BCUT2D eigenvalue weighted by molar-refractivity contribution is 0.0712. The fraction of sp³-hybridized carbons (Fsp3) is 0.300. The Morgan fingerprint density at radius 1 is 1.20 bits per heavy atom. The van der Waals surface area contributed by atoms with Gasteiger partial charge in [0.25, 0.3) is 5.91 Å². The summed E-state index contributed by atoms with van der Waals surface area (Å²) >= 11 is 7.81. The fourth-order valence-electron chi connectivity index (χ4n) is 3.41. The van der Waals surface area contributed by atoms with Crippen molar-refractivity contribution in [3.05, 3.63) is 63.6 Å². The predicted octanol–water partition coefficient (Wildman–Crippen LogP) is 5.28. The average Bonchev–Trinajstić information content (AvgIpc) is 3.05. The van der Waals surface area contributed by atoms with Crippen molar-refractivity contribution in [2.24, 2.45) is 0 Å². The molecule has 2 heterocycles. The van der Waals surface area contributed by atoms with Crippen LogP contribution in [0.15, 0.2) is 42.5 Å². The normalized spacial score (nSPS) is 15.7. The van der Waals surface area contributed by atoms with Crippen molar-refractivity contribution in [2.45, 2.75) is 25.7 Å². The van der Waals surface area contributed by atoms with E-state index in [0.717, 1.165) is 47.6 Å². The van der Waals surface area contributed by atoms with Gasteiger partial charge < -0.3 is 4.90 Å². The Morgan fingerprint density at radius 3 is 2.72 bits per heavy atom. The fourth-order valence-corrected chi connectivity index (χ4v) is 4.69. The monoisotopic (exact) mass is 370 g/mol. The topological polar surface area (TPSA) is 33.2 Å². The van der Waals surface area contributed by atoms with E-state index in [-0.39, 0.29) is 5.91 Å². The number of halogens is 1. The van der Waals surface area contributed by atoms with Crippen molar-refractivity contribution in [3.63, 3.8) is 0 Å². The molecule has 0 radical (unpaired) electrons. The number of piperidine rings is 1. The summed E-state index contributed by atoms with van der Waals surface area (Å²) in [4.78, 5) is 19.5. The highest BCUT2D eigenvalue weighted by atomic mass is 35.5. The first-order valence-corrected chi connectivity index (χ1v) is 9.72. The number of likely N-dealkylation sites (tertiary alicyclic amines) is 1. The number of fused-ring (bicyclic) bond motifs is 1. The number of nitrogens with zero attached hydrogens (tertiary/aromatic N) is 2. The number of aryl methyl sites for hydroxylation is 1. The summed E-state index contributed by atoms with van der Waals surface area (Å²) in [6.07, 6.45) is 1.93. The van der Waals surface area contributed by atoms with Gasteiger partial charge in [0.05, 0.1) is 15.2 Å². The van der Waals surface area contributed by atoms with E-state index in [1.807, 2.05) is 54.3 Å². The zero-order chi connectivity index (χ0) is 17.4. The Kier molecular flexibility index (Phi) is 4.48. The molecule has 0 N–H and O–H groups in total. The van der Waals surface area contributed by atoms with Crippen molar-refractivity contribution in [3.8, 4) is 0 Å². The second-order valence-electron chi connectivity index (χ2n) is 6.55. The molecule has 0 aliphatic carbocycles. The van der Waals surface area contributed by atoms with Crippen LogP contribution < -0.4 is 0 Å². The quantitative estimate of drug-likeness (QED) is 0.615. The van der Waals surface area contributed by atoms with Crippen LogP contribution in [0.5, 0.6) is 0 Å². The number of rotatable bonds is 2. The molecule has 0 saturated carbocycles. The number of aromatic nitrogens is 1. The van der Waals surface area contributed by atoms with Crippen molar-refractivity contribution < 1.29 is 4.79 Å². The van der Waals surface area contributed by atoms with Crippen LogP contribution in [-0.2, 0) is 0 Å². The van der Waals surface area contributed by atoms with Gasteiger partial charge in [-0.3, -0.25) is 4.79 Å². The Balaban J connectivity index is 1.47. The van der Waals surface area contributed by atoms with Crippen LogP contribution in [0.25, 0.3) is 10.2 Å². The van der Waals surface area contributed by atoms with Gasteiger partial charge in [-0.2, -0.15) is 0 Å². The van der Waals surface area contributed by atoms with E-state index in [9.17, 15) is 4.79 Å². The van der Waals surface area contributed by atoms with Gasteiger partial charge in [0.2, 0.25) is 0 Å². The van der Waals surface area contributed by atoms with E-state index in [0.29, 0.717) is 5.92 Å². The van der Waals surface area contributed by atoms with Gasteiger partial charge in [0, 0.05) is 29.6 Å². The molecule has 1 fully saturated rings. The Hall–Kier alpha value is -1.91. The smallest absolute Gasteiger partial charge is 0.254 e. The number of hydrogen-bond acceptors (Lipinski definition) is 3. The molecule has 25 heavy (non-hydrogen) atoms. The Bertz CT molecular complexity index is 928. The molecule has 3 aromatic rings. The lowest BCUT2D eigenvalue weighted by Gasteiger charge is -2.31. The second kappa shape index (κ2) is 6.77. The summed E-state index contributed by atoms with van der Waals surface area (Å²) in [5.74, 6) is 0.574. The van der Waals surface area contributed by atoms with Crippen molar-refractivity contribution >= 4 is 39.1 Å². The van der Waals surface area contributed by atoms with Crippen LogP contribution in [0.2, 0.25) is 5.02 Å². The standard InChI is InChI=1S/C20H19ClN2OS/c1-13-4-2-3-5-16(13)20(24)23-10-8-14(9-11-23)19-22-17-12-15(21)6-7-18(17)25-19/h2-7,12,14H,8-11H2,1H3. The number of hydrogen-bond donors (Lipinski definition) is 0. The largest absolute Gasteiger partial charge is 0.339 e. The molecular formula is C20H19ClN2OS. The lowest BCUT2D eigenvalue weighted by atomic mass is 9.96. The number of benzene rings is 2. The molecule has 2 aromatic carbocycles. The van der Waals surface area contributed by atoms with E-state index >= 15 is 0 Å². The zero-order valence-corrected chi connectivity index (χ0v) is 15.6. The van der Waals surface area contributed by atoms with Crippen LogP contribution in [0.4, 0.5) is 0 Å². The van der Waals surface area contributed by atoms with Gasteiger partial charge in [-0.15, -0.1) is 11.3 Å². The van der Waals surface area contributed by atoms with Gasteiger partial charge in [-0.1, -0.05) is 29.8 Å².